The maximum absolute atomic E-state index is 13.8. The second-order valence-electron chi connectivity index (χ2n) is 6.62. The number of ether oxygens (including phenoxy) is 1. The number of carbonyl (C=O) groups is 1. The average molecular weight is 432 g/mol. The Kier molecular flexibility index (Phi) is 6.49. The van der Waals surface area contributed by atoms with Gasteiger partial charge in [-0.2, -0.15) is 0 Å². The average Bonchev–Trinajstić information content (AvgIpc) is 2.73. The van der Waals surface area contributed by atoms with Crippen LogP contribution in [0, 0.1) is 17.5 Å². The van der Waals surface area contributed by atoms with Gasteiger partial charge >= 0.3 is 0 Å². The number of hydrogen-bond donors (Lipinski definition) is 3. The van der Waals surface area contributed by atoms with Crippen molar-refractivity contribution in [2.45, 2.75) is 6.54 Å². The number of amides is 1. The molecule has 5 N–H and O–H groups in total. The molecule has 162 valence electrons. The molecule has 0 fully saturated rings. The van der Waals surface area contributed by atoms with Gasteiger partial charge in [0, 0.05) is 18.3 Å². The molecule has 0 saturated carbocycles. The summed E-state index contributed by atoms with van der Waals surface area (Å²) >= 11 is 0. The number of nitrogens with two attached hydrogens (primary N) is 2. The Morgan fingerprint density at radius 3 is 2.48 bits per heavy atom. The highest BCUT2D eigenvalue weighted by molar-refractivity contribution is 5.93. The molecular weight excluding hydrogens is 413 g/mol. The predicted octanol–water partition coefficient (Wildman–Crippen LogP) is 2.29. The summed E-state index contributed by atoms with van der Waals surface area (Å²) in [4.78, 5) is 24.9. The number of anilines is 2. The fraction of sp³-hybridized carbons (Fsp3) is 0.143. The van der Waals surface area contributed by atoms with Crippen molar-refractivity contribution in [3.8, 4) is 5.75 Å². The Morgan fingerprint density at radius 2 is 1.74 bits per heavy atom. The van der Waals surface area contributed by atoms with E-state index in [-0.39, 0.29) is 42.4 Å². The van der Waals surface area contributed by atoms with E-state index in [2.05, 4.69) is 5.32 Å². The van der Waals surface area contributed by atoms with Crippen LogP contribution in [0.25, 0.3) is 0 Å². The van der Waals surface area contributed by atoms with Crippen LogP contribution in [0.5, 0.6) is 5.75 Å². The fourth-order valence-electron chi connectivity index (χ4n) is 2.78. The molecule has 31 heavy (non-hydrogen) atoms. The van der Waals surface area contributed by atoms with Crippen LogP contribution in [-0.2, 0) is 6.54 Å². The van der Waals surface area contributed by atoms with E-state index >= 15 is 0 Å². The number of nitrogens with zero attached hydrogens (tertiary/aromatic N) is 1. The lowest BCUT2D eigenvalue weighted by Gasteiger charge is -2.11. The van der Waals surface area contributed by atoms with Crippen LogP contribution < -0.4 is 27.1 Å². The summed E-state index contributed by atoms with van der Waals surface area (Å²) in [5.41, 5.74) is 10.9. The molecule has 0 spiro atoms. The first-order chi connectivity index (χ1) is 14.8. The maximum atomic E-state index is 13.8. The van der Waals surface area contributed by atoms with Gasteiger partial charge in [-0.1, -0.05) is 6.07 Å². The van der Waals surface area contributed by atoms with E-state index in [1.165, 1.54) is 35.0 Å². The molecule has 0 aliphatic rings. The standard InChI is InChI=1S/C21H19F3N4O3/c22-14-4-3-12(8-15(14)23)11-28-6-1-2-13(21(28)30)20(29)27-5-7-31-19-10-18(26)17(25)9-16(19)24/h1-4,6,8-10H,5,7,11,25-26H2,(H,27,29). The molecule has 1 amide bonds. The molecule has 0 radical (unpaired) electrons. The minimum Gasteiger partial charge on any atom is -0.489 e. The van der Waals surface area contributed by atoms with Crippen molar-refractivity contribution >= 4 is 17.3 Å². The summed E-state index contributed by atoms with van der Waals surface area (Å²) in [6, 6.07) is 8.37. The van der Waals surface area contributed by atoms with E-state index < -0.39 is 28.9 Å². The number of rotatable bonds is 7. The number of benzene rings is 2. The van der Waals surface area contributed by atoms with Crippen molar-refractivity contribution in [2.75, 3.05) is 24.6 Å². The number of nitrogens with one attached hydrogen (secondary N) is 1. The van der Waals surface area contributed by atoms with E-state index in [0.717, 1.165) is 18.2 Å². The van der Waals surface area contributed by atoms with E-state index in [9.17, 15) is 22.8 Å². The lowest BCUT2D eigenvalue weighted by Crippen LogP contribution is -2.34. The molecule has 3 aromatic rings. The minimum absolute atomic E-state index is 0.0138. The van der Waals surface area contributed by atoms with Crippen LogP contribution in [0.2, 0.25) is 0 Å². The highest BCUT2D eigenvalue weighted by Gasteiger charge is 2.13. The second-order valence-corrected chi connectivity index (χ2v) is 6.62. The minimum atomic E-state index is -1.03. The monoisotopic (exact) mass is 432 g/mol. The van der Waals surface area contributed by atoms with Gasteiger partial charge in [-0.05, 0) is 29.8 Å². The van der Waals surface area contributed by atoms with Crippen molar-refractivity contribution in [2.24, 2.45) is 0 Å². The van der Waals surface area contributed by atoms with Gasteiger partial charge in [0.1, 0.15) is 12.2 Å². The molecule has 0 saturated heterocycles. The zero-order valence-corrected chi connectivity index (χ0v) is 16.2. The van der Waals surface area contributed by atoms with Crippen LogP contribution in [0.4, 0.5) is 24.5 Å². The number of carbonyl (C=O) groups excluding carboxylic acids is 1. The van der Waals surface area contributed by atoms with Crippen LogP contribution >= 0.6 is 0 Å². The third kappa shape index (κ3) is 5.16. The van der Waals surface area contributed by atoms with Crippen LogP contribution in [0.15, 0.2) is 53.5 Å². The zero-order valence-electron chi connectivity index (χ0n) is 16.2. The maximum Gasteiger partial charge on any atom is 0.263 e. The molecule has 0 aliphatic carbocycles. The number of pyridine rings is 1. The van der Waals surface area contributed by atoms with Crippen LogP contribution in [0.3, 0.4) is 0 Å². The smallest absolute Gasteiger partial charge is 0.263 e. The number of nitrogen functional groups attached to an aromatic ring is 2. The lowest BCUT2D eigenvalue weighted by atomic mass is 10.2. The van der Waals surface area contributed by atoms with Crippen molar-refractivity contribution in [1.29, 1.82) is 0 Å². The molecular formula is C21H19F3N4O3. The lowest BCUT2D eigenvalue weighted by molar-refractivity contribution is 0.0944. The summed E-state index contributed by atoms with van der Waals surface area (Å²) in [7, 11) is 0. The molecule has 2 aromatic carbocycles. The Labute approximate surface area is 175 Å². The summed E-state index contributed by atoms with van der Waals surface area (Å²) < 4.78 is 46.6. The molecule has 0 aliphatic heterocycles. The largest absolute Gasteiger partial charge is 0.489 e. The first-order valence-corrected chi connectivity index (χ1v) is 9.15. The highest BCUT2D eigenvalue weighted by atomic mass is 19.2. The molecule has 0 unspecified atom stereocenters. The van der Waals surface area contributed by atoms with E-state index in [4.69, 9.17) is 16.2 Å². The van der Waals surface area contributed by atoms with Crippen LogP contribution in [0.1, 0.15) is 15.9 Å². The fourth-order valence-corrected chi connectivity index (χ4v) is 2.78. The molecule has 3 rings (SSSR count). The third-order valence-electron chi connectivity index (χ3n) is 4.38. The molecule has 7 nitrogen and oxygen atoms in total. The normalized spacial score (nSPS) is 10.7. The first kappa shape index (κ1) is 21.8. The molecule has 10 heteroatoms. The summed E-state index contributed by atoms with van der Waals surface area (Å²) in [5.74, 6) is -3.49. The molecule has 0 atom stereocenters. The van der Waals surface area contributed by atoms with Crippen LogP contribution in [-0.4, -0.2) is 23.6 Å². The van der Waals surface area contributed by atoms with Gasteiger partial charge < -0.3 is 26.1 Å². The summed E-state index contributed by atoms with van der Waals surface area (Å²) in [6.07, 6.45) is 1.43. The van der Waals surface area contributed by atoms with Gasteiger partial charge in [0.25, 0.3) is 11.5 Å². The van der Waals surface area contributed by atoms with Crippen molar-refractivity contribution in [3.05, 3.63) is 87.6 Å². The first-order valence-electron chi connectivity index (χ1n) is 9.15. The Balaban J connectivity index is 1.62. The SMILES string of the molecule is Nc1cc(F)c(OCCNC(=O)c2cccn(Cc3ccc(F)c(F)c3)c2=O)cc1N. The molecule has 1 aromatic heterocycles. The van der Waals surface area contributed by atoms with Crippen molar-refractivity contribution in [1.82, 2.24) is 9.88 Å². The van der Waals surface area contributed by atoms with Crippen molar-refractivity contribution < 1.29 is 22.7 Å². The van der Waals surface area contributed by atoms with Gasteiger partial charge in [0.15, 0.2) is 23.2 Å². The number of hydrogen-bond acceptors (Lipinski definition) is 5. The van der Waals surface area contributed by atoms with E-state index in [1.54, 1.807) is 0 Å². The number of aromatic nitrogens is 1. The summed E-state index contributed by atoms with van der Waals surface area (Å²) in [5, 5.41) is 2.50. The molecule has 1 heterocycles. The topological polar surface area (TPSA) is 112 Å². The van der Waals surface area contributed by atoms with Gasteiger partial charge in [-0.3, -0.25) is 9.59 Å². The van der Waals surface area contributed by atoms with Gasteiger partial charge in [-0.15, -0.1) is 0 Å². The van der Waals surface area contributed by atoms with E-state index in [1.807, 2.05) is 0 Å². The van der Waals surface area contributed by atoms with Gasteiger partial charge in [0.2, 0.25) is 0 Å². The Morgan fingerprint density at radius 1 is 1.00 bits per heavy atom. The Hall–Kier alpha value is -3.95. The number of halogens is 3. The van der Waals surface area contributed by atoms with Gasteiger partial charge in [-0.25, -0.2) is 13.2 Å². The predicted molar refractivity (Wildman–Crippen MR) is 109 cm³/mol. The zero-order chi connectivity index (χ0) is 22.5. The molecule has 0 bridgehead atoms. The second kappa shape index (κ2) is 9.24. The van der Waals surface area contributed by atoms with E-state index in [0.29, 0.717) is 5.56 Å². The quantitative estimate of drug-likeness (QED) is 0.392. The third-order valence-corrected chi connectivity index (χ3v) is 4.38. The Bertz CT molecular complexity index is 1180. The van der Waals surface area contributed by atoms with Crippen molar-refractivity contribution in [3.63, 3.8) is 0 Å². The summed E-state index contributed by atoms with van der Waals surface area (Å²) in [6.45, 7) is -0.139. The van der Waals surface area contributed by atoms with Gasteiger partial charge in [0.05, 0.1) is 24.5 Å². The highest BCUT2D eigenvalue weighted by Crippen LogP contribution is 2.25.